The highest BCUT2D eigenvalue weighted by molar-refractivity contribution is 7.07. The number of thiazole rings is 1. The quantitative estimate of drug-likeness (QED) is 0.850. The molecule has 0 saturated carbocycles. The molecular weight excluding hydrogens is 310 g/mol. The van der Waals surface area contributed by atoms with Gasteiger partial charge in [0.15, 0.2) is 0 Å². The molecular formula is C17H21N3O2S. The number of carbonyl (C=O) groups is 1. The summed E-state index contributed by atoms with van der Waals surface area (Å²) in [5, 5.41) is 14.1. The van der Waals surface area contributed by atoms with E-state index in [0.29, 0.717) is 12.2 Å². The van der Waals surface area contributed by atoms with Gasteiger partial charge in [-0.3, -0.25) is 9.69 Å². The van der Waals surface area contributed by atoms with Crippen molar-refractivity contribution in [3.63, 3.8) is 0 Å². The predicted octanol–water partition coefficient (Wildman–Crippen LogP) is 2.03. The standard InChI is InChI=1S/C17H21N3O2S/c21-10-15-6-3-7-20(15)9-14-5-2-1-4-13(14)8-18-17(22)16-11-23-12-19-16/h1-2,4-5,11-12,15,21H,3,6-10H2,(H,18,22)/t15-/m0/s1. The summed E-state index contributed by atoms with van der Waals surface area (Å²) in [5.41, 5.74) is 4.43. The minimum atomic E-state index is -0.143. The van der Waals surface area contributed by atoms with Gasteiger partial charge in [-0.15, -0.1) is 11.3 Å². The first kappa shape index (κ1) is 16.1. The Bertz CT molecular complexity index is 645. The van der Waals surface area contributed by atoms with Crippen LogP contribution in [0.25, 0.3) is 0 Å². The van der Waals surface area contributed by atoms with E-state index < -0.39 is 0 Å². The van der Waals surface area contributed by atoms with Crippen LogP contribution in [0.3, 0.4) is 0 Å². The first-order chi connectivity index (χ1) is 11.3. The number of rotatable bonds is 6. The molecule has 1 aliphatic heterocycles. The Kier molecular flexibility index (Phi) is 5.38. The van der Waals surface area contributed by atoms with Gasteiger partial charge in [-0.05, 0) is 30.5 Å². The van der Waals surface area contributed by atoms with Crippen molar-refractivity contribution in [2.75, 3.05) is 13.2 Å². The van der Waals surface area contributed by atoms with E-state index in [4.69, 9.17) is 0 Å². The molecule has 3 rings (SSSR count). The van der Waals surface area contributed by atoms with Crippen molar-refractivity contribution in [1.82, 2.24) is 15.2 Å². The number of aromatic nitrogens is 1. The van der Waals surface area contributed by atoms with Gasteiger partial charge in [0.1, 0.15) is 5.69 Å². The molecule has 2 aromatic rings. The lowest BCUT2D eigenvalue weighted by atomic mass is 10.1. The Morgan fingerprint density at radius 3 is 2.96 bits per heavy atom. The third-order valence-corrected chi connectivity index (χ3v) is 4.89. The smallest absolute Gasteiger partial charge is 0.271 e. The van der Waals surface area contributed by atoms with Gasteiger partial charge < -0.3 is 10.4 Å². The largest absolute Gasteiger partial charge is 0.395 e. The topological polar surface area (TPSA) is 65.5 Å². The molecule has 0 bridgehead atoms. The molecule has 6 heteroatoms. The molecule has 0 radical (unpaired) electrons. The average Bonchev–Trinajstić information content (AvgIpc) is 3.25. The number of hydrogen-bond acceptors (Lipinski definition) is 5. The molecule has 0 spiro atoms. The van der Waals surface area contributed by atoms with Crippen molar-refractivity contribution in [3.8, 4) is 0 Å². The van der Waals surface area contributed by atoms with E-state index in [1.807, 2.05) is 18.2 Å². The molecule has 122 valence electrons. The fraction of sp³-hybridized carbons (Fsp3) is 0.412. The lowest BCUT2D eigenvalue weighted by Crippen LogP contribution is -2.32. The summed E-state index contributed by atoms with van der Waals surface area (Å²) in [6.45, 7) is 2.53. The number of nitrogens with one attached hydrogen (secondary N) is 1. The Labute approximate surface area is 140 Å². The van der Waals surface area contributed by atoms with Crippen molar-refractivity contribution in [2.45, 2.75) is 32.0 Å². The highest BCUT2D eigenvalue weighted by Crippen LogP contribution is 2.21. The number of carbonyl (C=O) groups excluding carboxylic acids is 1. The number of amides is 1. The first-order valence-corrected chi connectivity index (χ1v) is 8.80. The number of likely N-dealkylation sites (tertiary alicyclic amines) is 1. The second kappa shape index (κ2) is 7.68. The van der Waals surface area contributed by atoms with Gasteiger partial charge >= 0.3 is 0 Å². The van der Waals surface area contributed by atoms with Crippen LogP contribution in [0.2, 0.25) is 0 Å². The van der Waals surface area contributed by atoms with Crippen LogP contribution >= 0.6 is 11.3 Å². The molecule has 1 aromatic carbocycles. The number of nitrogens with zero attached hydrogens (tertiary/aromatic N) is 2. The molecule has 5 nitrogen and oxygen atoms in total. The Morgan fingerprint density at radius 1 is 1.39 bits per heavy atom. The van der Waals surface area contributed by atoms with Gasteiger partial charge in [0, 0.05) is 24.5 Å². The van der Waals surface area contributed by atoms with Crippen LogP contribution in [0.4, 0.5) is 0 Å². The van der Waals surface area contributed by atoms with Gasteiger partial charge in [-0.2, -0.15) is 0 Å². The maximum absolute atomic E-state index is 12.0. The fourth-order valence-corrected chi connectivity index (χ4v) is 3.54. The van der Waals surface area contributed by atoms with Crippen LogP contribution in [0.5, 0.6) is 0 Å². The summed E-state index contributed by atoms with van der Waals surface area (Å²) in [6.07, 6.45) is 2.19. The van der Waals surface area contributed by atoms with Gasteiger partial charge in [-0.1, -0.05) is 24.3 Å². The third kappa shape index (κ3) is 3.96. The highest BCUT2D eigenvalue weighted by Gasteiger charge is 2.24. The lowest BCUT2D eigenvalue weighted by Gasteiger charge is -2.24. The molecule has 23 heavy (non-hydrogen) atoms. The fourth-order valence-electron chi connectivity index (χ4n) is 3.00. The second-order valence-electron chi connectivity index (χ2n) is 5.77. The summed E-state index contributed by atoms with van der Waals surface area (Å²) in [6, 6.07) is 8.40. The van der Waals surface area contributed by atoms with Crippen molar-refractivity contribution in [2.24, 2.45) is 0 Å². The zero-order valence-corrected chi connectivity index (χ0v) is 13.8. The van der Waals surface area contributed by atoms with Crippen molar-refractivity contribution < 1.29 is 9.90 Å². The van der Waals surface area contributed by atoms with Crippen LogP contribution in [-0.2, 0) is 13.1 Å². The van der Waals surface area contributed by atoms with E-state index in [9.17, 15) is 9.90 Å². The normalized spacial score (nSPS) is 18.2. The summed E-state index contributed by atoms with van der Waals surface area (Å²) < 4.78 is 0. The van der Waals surface area contributed by atoms with Crippen LogP contribution < -0.4 is 5.32 Å². The molecule has 0 aliphatic carbocycles. The number of aliphatic hydroxyl groups is 1. The molecule has 1 saturated heterocycles. The monoisotopic (exact) mass is 331 g/mol. The van der Waals surface area contributed by atoms with Crippen molar-refractivity contribution >= 4 is 17.2 Å². The Balaban J connectivity index is 1.65. The number of benzene rings is 1. The molecule has 1 fully saturated rings. The van der Waals surface area contributed by atoms with Gasteiger partial charge in [-0.25, -0.2) is 4.98 Å². The molecule has 2 heterocycles. The number of hydrogen-bond donors (Lipinski definition) is 2. The van der Waals surface area contributed by atoms with E-state index in [-0.39, 0.29) is 18.6 Å². The van der Waals surface area contributed by atoms with E-state index in [1.165, 1.54) is 16.9 Å². The summed E-state index contributed by atoms with van der Waals surface area (Å²) in [7, 11) is 0. The molecule has 1 aromatic heterocycles. The summed E-state index contributed by atoms with van der Waals surface area (Å²) in [4.78, 5) is 18.4. The van der Waals surface area contributed by atoms with Gasteiger partial charge in [0.25, 0.3) is 5.91 Å². The van der Waals surface area contributed by atoms with Crippen LogP contribution in [-0.4, -0.2) is 40.1 Å². The number of aliphatic hydroxyl groups excluding tert-OH is 1. The summed E-state index contributed by atoms with van der Waals surface area (Å²) >= 11 is 1.41. The molecule has 0 unspecified atom stereocenters. The zero-order valence-electron chi connectivity index (χ0n) is 12.9. The summed E-state index contributed by atoms with van der Waals surface area (Å²) in [5.74, 6) is -0.143. The van der Waals surface area contributed by atoms with Crippen LogP contribution in [0.1, 0.15) is 34.5 Å². The first-order valence-electron chi connectivity index (χ1n) is 7.86. The maximum atomic E-state index is 12.0. The minimum Gasteiger partial charge on any atom is -0.395 e. The molecule has 1 amide bonds. The van der Waals surface area contributed by atoms with E-state index in [2.05, 4.69) is 21.3 Å². The van der Waals surface area contributed by atoms with Crippen molar-refractivity contribution in [1.29, 1.82) is 0 Å². The highest BCUT2D eigenvalue weighted by atomic mass is 32.1. The average molecular weight is 331 g/mol. The molecule has 1 aliphatic rings. The second-order valence-corrected chi connectivity index (χ2v) is 6.49. The van der Waals surface area contributed by atoms with E-state index >= 15 is 0 Å². The van der Waals surface area contributed by atoms with Crippen molar-refractivity contribution in [3.05, 3.63) is 52.0 Å². The maximum Gasteiger partial charge on any atom is 0.271 e. The van der Waals surface area contributed by atoms with Crippen LogP contribution in [0, 0.1) is 0 Å². The molecule has 1 atom stereocenters. The zero-order chi connectivity index (χ0) is 16.1. The Hall–Kier alpha value is -1.76. The third-order valence-electron chi connectivity index (χ3n) is 4.31. The van der Waals surface area contributed by atoms with E-state index in [0.717, 1.165) is 31.5 Å². The van der Waals surface area contributed by atoms with E-state index in [1.54, 1.807) is 10.9 Å². The van der Waals surface area contributed by atoms with Gasteiger partial charge in [0.05, 0.1) is 12.1 Å². The minimum absolute atomic E-state index is 0.143. The lowest BCUT2D eigenvalue weighted by molar-refractivity contribution is 0.0946. The SMILES string of the molecule is O=C(NCc1ccccc1CN1CCC[C@H]1CO)c1cscn1. The van der Waals surface area contributed by atoms with Gasteiger partial charge in [0.2, 0.25) is 0 Å². The Morgan fingerprint density at radius 2 is 2.22 bits per heavy atom. The molecule has 2 N–H and O–H groups in total. The van der Waals surface area contributed by atoms with Crippen LogP contribution in [0.15, 0.2) is 35.2 Å². The predicted molar refractivity (Wildman–Crippen MR) is 90.2 cm³/mol.